The van der Waals surface area contributed by atoms with Crippen LogP contribution in [-0.4, -0.2) is 27.4 Å². The van der Waals surface area contributed by atoms with E-state index in [0.29, 0.717) is 17.4 Å². The predicted molar refractivity (Wildman–Crippen MR) is 67.5 cm³/mol. The molecule has 98 valence electrons. The molecule has 5 heteroatoms. The first-order chi connectivity index (χ1) is 8.97. The maximum Gasteiger partial charge on any atom is 0.342 e. The van der Waals surface area contributed by atoms with Gasteiger partial charge < -0.3 is 20.1 Å². The predicted octanol–water partition coefficient (Wildman–Crippen LogP) is 2.06. The van der Waals surface area contributed by atoms with Crippen LogP contribution >= 0.6 is 0 Å². The highest BCUT2D eigenvalue weighted by atomic mass is 16.5. The Bertz CT molecular complexity index is 705. The molecular formula is C14H12O5. The molecule has 0 saturated heterocycles. The fourth-order valence-corrected chi connectivity index (χ4v) is 2.52. The smallest absolute Gasteiger partial charge is 0.342 e. The van der Waals surface area contributed by atoms with Crippen LogP contribution in [0.4, 0.5) is 0 Å². The summed E-state index contributed by atoms with van der Waals surface area (Å²) in [7, 11) is 0. The van der Waals surface area contributed by atoms with Crippen LogP contribution in [0.3, 0.4) is 0 Å². The summed E-state index contributed by atoms with van der Waals surface area (Å²) in [6.45, 7) is 1.77. The molecule has 1 aliphatic heterocycles. The highest BCUT2D eigenvalue weighted by molar-refractivity contribution is 6.05. The molecule has 3 N–H and O–H groups in total. The van der Waals surface area contributed by atoms with Crippen LogP contribution in [0, 0.1) is 0 Å². The van der Waals surface area contributed by atoms with Crippen molar-refractivity contribution in [3.05, 3.63) is 29.3 Å². The first kappa shape index (κ1) is 11.6. The Hall–Kier alpha value is -2.43. The Balaban J connectivity index is 2.40. The van der Waals surface area contributed by atoms with E-state index in [0.717, 1.165) is 6.07 Å². The molecule has 1 atom stereocenters. The third-order valence-corrected chi connectivity index (χ3v) is 3.28. The van der Waals surface area contributed by atoms with Gasteiger partial charge >= 0.3 is 5.97 Å². The molecular weight excluding hydrogens is 248 g/mol. The summed E-state index contributed by atoms with van der Waals surface area (Å²) in [5.74, 6) is -1.28. The summed E-state index contributed by atoms with van der Waals surface area (Å²) in [6, 6.07) is 4.23. The lowest BCUT2D eigenvalue weighted by molar-refractivity contribution is 0.0298. The number of esters is 1. The monoisotopic (exact) mass is 260 g/mol. The van der Waals surface area contributed by atoms with Crippen molar-refractivity contribution in [2.24, 2.45) is 0 Å². The minimum atomic E-state index is -0.597. The maximum atomic E-state index is 11.8. The Morgan fingerprint density at radius 3 is 2.68 bits per heavy atom. The summed E-state index contributed by atoms with van der Waals surface area (Å²) in [5.41, 5.74) is 0.741. The lowest BCUT2D eigenvalue weighted by Gasteiger charge is -2.23. The first-order valence-corrected chi connectivity index (χ1v) is 5.89. The molecule has 0 bridgehead atoms. The maximum absolute atomic E-state index is 11.8. The molecule has 0 aliphatic carbocycles. The molecule has 1 heterocycles. The zero-order chi connectivity index (χ0) is 13.7. The Labute approximate surface area is 108 Å². The molecule has 1 aliphatic rings. The number of carbonyl (C=O) groups excluding carboxylic acids is 1. The van der Waals surface area contributed by atoms with Gasteiger partial charge in [0.15, 0.2) is 0 Å². The van der Waals surface area contributed by atoms with Crippen LogP contribution in [0.25, 0.3) is 10.8 Å². The van der Waals surface area contributed by atoms with Gasteiger partial charge in [0.1, 0.15) is 28.9 Å². The second-order valence-electron chi connectivity index (χ2n) is 4.74. The van der Waals surface area contributed by atoms with Crippen LogP contribution in [0.2, 0.25) is 0 Å². The van der Waals surface area contributed by atoms with Gasteiger partial charge in [0.2, 0.25) is 0 Å². The van der Waals surface area contributed by atoms with E-state index in [2.05, 4.69) is 0 Å². The van der Waals surface area contributed by atoms with E-state index >= 15 is 0 Å². The van der Waals surface area contributed by atoms with E-state index in [-0.39, 0.29) is 34.3 Å². The average Bonchev–Trinajstić information content (AvgIpc) is 2.25. The Morgan fingerprint density at radius 2 is 1.95 bits per heavy atom. The zero-order valence-electron chi connectivity index (χ0n) is 10.2. The van der Waals surface area contributed by atoms with Gasteiger partial charge in [-0.3, -0.25) is 0 Å². The number of fused-ring (bicyclic) bond motifs is 2. The molecule has 19 heavy (non-hydrogen) atoms. The molecule has 0 spiro atoms. The minimum absolute atomic E-state index is 0.0894. The summed E-state index contributed by atoms with van der Waals surface area (Å²) in [5, 5.41) is 30.1. The van der Waals surface area contributed by atoms with Gasteiger partial charge in [0.05, 0.1) is 5.39 Å². The van der Waals surface area contributed by atoms with Crippen molar-refractivity contribution in [1.82, 2.24) is 0 Å². The van der Waals surface area contributed by atoms with Crippen molar-refractivity contribution in [3.8, 4) is 17.2 Å². The van der Waals surface area contributed by atoms with Crippen molar-refractivity contribution in [3.63, 3.8) is 0 Å². The van der Waals surface area contributed by atoms with Crippen molar-refractivity contribution < 1.29 is 24.9 Å². The summed E-state index contributed by atoms with van der Waals surface area (Å²) >= 11 is 0. The van der Waals surface area contributed by atoms with Crippen LogP contribution in [-0.2, 0) is 11.2 Å². The SMILES string of the molecule is CC1Cc2cc3cc(O)cc(O)c3c(O)c2C(=O)O1. The Morgan fingerprint density at radius 1 is 1.21 bits per heavy atom. The van der Waals surface area contributed by atoms with E-state index in [1.54, 1.807) is 13.0 Å². The molecule has 0 fully saturated rings. The number of ether oxygens (including phenoxy) is 1. The molecule has 1 unspecified atom stereocenters. The quantitative estimate of drug-likeness (QED) is 0.631. The largest absolute Gasteiger partial charge is 0.508 e. The second kappa shape index (κ2) is 3.78. The number of hydrogen-bond acceptors (Lipinski definition) is 5. The molecule has 3 rings (SSSR count). The molecule has 5 nitrogen and oxygen atoms in total. The van der Waals surface area contributed by atoms with Gasteiger partial charge in [-0.2, -0.15) is 0 Å². The molecule has 2 aromatic rings. The minimum Gasteiger partial charge on any atom is -0.508 e. The van der Waals surface area contributed by atoms with Gasteiger partial charge in [0.25, 0.3) is 0 Å². The second-order valence-corrected chi connectivity index (χ2v) is 4.74. The molecule has 0 saturated carbocycles. The third kappa shape index (κ3) is 1.66. The molecule has 0 aromatic heterocycles. The molecule has 0 radical (unpaired) electrons. The number of rotatable bonds is 0. The number of hydrogen-bond donors (Lipinski definition) is 3. The Kier molecular flexibility index (Phi) is 2.32. The van der Waals surface area contributed by atoms with E-state index in [9.17, 15) is 20.1 Å². The fourth-order valence-electron chi connectivity index (χ4n) is 2.52. The number of aromatic hydroxyl groups is 3. The average molecular weight is 260 g/mol. The normalized spacial score (nSPS) is 18.2. The third-order valence-electron chi connectivity index (χ3n) is 3.28. The van der Waals surface area contributed by atoms with Crippen molar-refractivity contribution in [2.45, 2.75) is 19.4 Å². The van der Waals surface area contributed by atoms with Crippen LogP contribution < -0.4 is 0 Å². The van der Waals surface area contributed by atoms with Gasteiger partial charge in [-0.1, -0.05) is 0 Å². The lowest BCUT2D eigenvalue weighted by atomic mass is 9.93. The van der Waals surface area contributed by atoms with E-state index in [1.165, 1.54) is 6.07 Å². The topological polar surface area (TPSA) is 87.0 Å². The van der Waals surface area contributed by atoms with E-state index < -0.39 is 5.97 Å². The van der Waals surface area contributed by atoms with Crippen LogP contribution in [0.1, 0.15) is 22.8 Å². The lowest BCUT2D eigenvalue weighted by Crippen LogP contribution is -2.25. The highest BCUT2D eigenvalue weighted by Crippen LogP contribution is 2.41. The van der Waals surface area contributed by atoms with Crippen molar-refractivity contribution >= 4 is 16.7 Å². The van der Waals surface area contributed by atoms with Gasteiger partial charge in [0, 0.05) is 12.5 Å². The van der Waals surface area contributed by atoms with Crippen molar-refractivity contribution in [2.75, 3.05) is 0 Å². The zero-order valence-corrected chi connectivity index (χ0v) is 10.2. The number of phenolic OH excluding ortho intramolecular Hbond substituents is 3. The van der Waals surface area contributed by atoms with Crippen molar-refractivity contribution in [1.29, 1.82) is 0 Å². The van der Waals surface area contributed by atoms with Gasteiger partial charge in [-0.25, -0.2) is 4.79 Å². The van der Waals surface area contributed by atoms with Crippen LogP contribution in [0.5, 0.6) is 17.2 Å². The fraction of sp³-hybridized carbons (Fsp3) is 0.214. The summed E-state index contributed by atoms with van der Waals surface area (Å²) in [6.07, 6.45) is 0.226. The number of cyclic esters (lactones) is 1. The first-order valence-electron chi connectivity index (χ1n) is 5.89. The summed E-state index contributed by atoms with van der Waals surface area (Å²) < 4.78 is 5.08. The van der Waals surface area contributed by atoms with Gasteiger partial charge in [-0.15, -0.1) is 0 Å². The summed E-state index contributed by atoms with van der Waals surface area (Å²) in [4.78, 5) is 11.8. The van der Waals surface area contributed by atoms with E-state index in [4.69, 9.17) is 4.74 Å². The van der Waals surface area contributed by atoms with Gasteiger partial charge in [-0.05, 0) is 30.0 Å². The highest BCUT2D eigenvalue weighted by Gasteiger charge is 2.29. The van der Waals surface area contributed by atoms with E-state index in [1.807, 2.05) is 0 Å². The number of phenols is 3. The molecule has 0 amide bonds. The number of carbonyl (C=O) groups is 1. The number of benzene rings is 2. The molecule has 2 aromatic carbocycles. The van der Waals surface area contributed by atoms with Crippen LogP contribution in [0.15, 0.2) is 18.2 Å². The standard InChI is InChI=1S/C14H12O5/c1-6-2-7-3-8-4-9(15)5-10(16)11(8)13(17)12(7)14(18)19-6/h3-6,15-17H,2H2,1H3.